The predicted molar refractivity (Wildman–Crippen MR) is 85.2 cm³/mol. The smallest absolute Gasteiger partial charge is 0.0827 e. The number of halogens is 4. The summed E-state index contributed by atoms with van der Waals surface area (Å²) in [5, 5.41) is 0.849. The van der Waals surface area contributed by atoms with E-state index in [-0.39, 0.29) is 24.8 Å². The van der Waals surface area contributed by atoms with Gasteiger partial charge in [-0.3, -0.25) is 0 Å². The number of anilines is 2. The molecule has 0 spiro atoms. The zero-order chi connectivity index (χ0) is 11.7. The van der Waals surface area contributed by atoms with Gasteiger partial charge in [0.15, 0.2) is 0 Å². The molecule has 2 rings (SSSR count). The molecular weight excluding hydrogens is 314 g/mol. The summed E-state index contributed by atoms with van der Waals surface area (Å²) in [7, 11) is 0. The van der Waals surface area contributed by atoms with Crippen LogP contribution in [0.4, 0.5) is 11.4 Å². The van der Waals surface area contributed by atoms with Gasteiger partial charge in [-0.2, -0.15) is 0 Å². The van der Waals surface area contributed by atoms with E-state index in [0.717, 1.165) is 11.1 Å². The minimum atomic E-state index is 0. The number of hydrogen-bond donors (Lipinski definition) is 2. The summed E-state index contributed by atoms with van der Waals surface area (Å²) < 4.78 is 0. The molecule has 0 bridgehead atoms. The Morgan fingerprint density at radius 1 is 0.722 bits per heavy atom. The summed E-state index contributed by atoms with van der Waals surface area (Å²) in [6.07, 6.45) is 0. The van der Waals surface area contributed by atoms with E-state index in [1.54, 1.807) is 6.07 Å². The van der Waals surface area contributed by atoms with Crippen LogP contribution in [0.25, 0.3) is 11.1 Å². The van der Waals surface area contributed by atoms with Gasteiger partial charge < -0.3 is 11.5 Å². The van der Waals surface area contributed by atoms with Crippen molar-refractivity contribution < 1.29 is 0 Å². The Balaban J connectivity index is 0.00000144. The summed E-state index contributed by atoms with van der Waals surface area (Å²) in [6, 6.07) is 11.0. The Labute approximate surface area is 128 Å². The number of rotatable bonds is 1. The molecule has 0 aliphatic rings. The Bertz CT molecular complexity index is 526. The lowest BCUT2D eigenvalue weighted by Gasteiger charge is -2.08. The molecule has 0 saturated heterocycles. The maximum atomic E-state index is 6.13. The summed E-state index contributed by atoms with van der Waals surface area (Å²) in [4.78, 5) is 0. The molecule has 98 valence electrons. The predicted octanol–water partition coefficient (Wildman–Crippen LogP) is 4.67. The van der Waals surface area contributed by atoms with Crippen molar-refractivity contribution in [2.45, 2.75) is 0 Å². The van der Waals surface area contributed by atoms with Crippen molar-refractivity contribution in [2.24, 2.45) is 0 Å². The Morgan fingerprint density at radius 3 is 1.83 bits per heavy atom. The molecule has 0 radical (unpaired) electrons. The van der Waals surface area contributed by atoms with E-state index in [4.69, 9.17) is 34.7 Å². The first kappa shape index (κ1) is 17.2. The van der Waals surface area contributed by atoms with E-state index in [9.17, 15) is 0 Å². The molecule has 0 saturated carbocycles. The van der Waals surface area contributed by atoms with Gasteiger partial charge in [0.05, 0.1) is 15.7 Å². The SMILES string of the molecule is Cl.Cl.Nc1ccc(-c2ccc(N)c(Cl)c2Cl)cc1. The van der Waals surface area contributed by atoms with Gasteiger partial charge in [0.25, 0.3) is 0 Å². The molecule has 0 atom stereocenters. The lowest BCUT2D eigenvalue weighted by Crippen LogP contribution is -1.89. The van der Waals surface area contributed by atoms with E-state index >= 15 is 0 Å². The highest BCUT2D eigenvalue weighted by Crippen LogP contribution is 2.37. The highest BCUT2D eigenvalue weighted by Gasteiger charge is 2.09. The van der Waals surface area contributed by atoms with Crippen LogP contribution < -0.4 is 11.5 Å². The van der Waals surface area contributed by atoms with Crippen LogP contribution in [0.5, 0.6) is 0 Å². The van der Waals surface area contributed by atoms with Crippen molar-refractivity contribution in [2.75, 3.05) is 11.5 Å². The molecule has 0 heterocycles. The first-order valence-electron chi connectivity index (χ1n) is 4.69. The minimum absolute atomic E-state index is 0. The van der Waals surface area contributed by atoms with Crippen LogP contribution in [0.3, 0.4) is 0 Å². The van der Waals surface area contributed by atoms with E-state index in [1.165, 1.54) is 0 Å². The molecule has 6 heteroatoms. The van der Waals surface area contributed by atoms with E-state index in [0.29, 0.717) is 21.4 Å². The van der Waals surface area contributed by atoms with Gasteiger partial charge in [-0.05, 0) is 23.8 Å². The fourth-order valence-electron chi connectivity index (χ4n) is 1.45. The van der Waals surface area contributed by atoms with E-state index in [2.05, 4.69) is 0 Å². The largest absolute Gasteiger partial charge is 0.399 e. The van der Waals surface area contributed by atoms with Gasteiger partial charge in [-0.1, -0.05) is 41.4 Å². The van der Waals surface area contributed by atoms with Crippen LogP contribution in [0.2, 0.25) is 10.0 Å². The summed E-state index contributed by atoms with van der Waals surface area (Å²) >= 11 is 12.1. The lowest BCUT2D eigenvalue weighted by atomic mass is 10.0. The van der Waals surface area contributed by atoms with Gasteiger partial charge >= 0.3 is 0 Å². The summed E-state index contributed by atoms with van der Waals surface area (Å²) in [5.74, 6) is 0. The normalized spacial score (nSPS) is 9.22. The average Bonchev–Trinajstić information content (AvgIpc) is 2.28. The summed E-state index contributed by atoms with van der Waals surface area (Å²) in [6.45, 7) is 0. The standard InChI is InChI=1S/C12H10Cl2N2.2ClH/c13-11-9(5-6-10(16)12(11)14)7-1-3-8(15)4-2-7;;/h1-6H,15-16H2;2*1H. The number of benzene rings is 2. The quantitative estimate of drug-likeness (QED) is 0.749. The molecule has 0 aromatic heterocycles. The fraction of sp³-hybridized carbons (Fsp3) is 0. The second-order valence-electron chi connectivity index (χ2n) is 3.45. The van der Waals surface area contributed by atoms with Crippen LogP contribution in [0.15, 0.2) is 36.4 Å². The first-order valence-corrected chi connectivity index (χ1v) is 5.44. The van der Waals surface area contributed by atoms with Gasteiger partial charge in [0.2, 0.25) is 0 Å². The first-order chi connectivity index (χ1) is 7.59. The second kappa shape index (κ2) is 6.95. The molecule has 0 unspecified atom stereocenters. The van der Waals surface area contributed by atoms with Crippen molar-refractivity contribution in [1.82, 2.24) is 0 Å². The maximum Gasteiger partial charge on any atom is 0.0827 e. The third-order valence-corrected chi connectivity index (χ3v) is 3.23. The Hall–Kier alpha value is -0.800. The molecule has 0 aliphatic carbocycles. The molecule has 2 aromatic carbocycles. The topological polar surface area (TPSA) is 52.0 Å². The van der Waals surface area contributed by atoms with Crippen LogP contribution in [0, 0.1) is 0 Å². The molecule has 2 nitrogen and oxygen atoms in total. The number of nitrogens with two attached hydrogens (primary N) is 2. The van der Waals surface area contributed by atoms with Gasteiger partial charge in [-0.15, -0.1) is 24.8 Å². The van der Waals surface area contributed by atoms with Crippen LogP contribution in [-0.2, 0) is 0 Å². The minimum Gasteiger partial charge on any atom is -0.399 e. The van der Waals surface area contributed by atoms with Crippen LogP contribution >= 0.6 is 48.0 Å². The van der Waals surface area contributed by atoms with Gasteiger partial charge in [0, 0.05) is 11.3 Å². The molecule has 4 N–H and O–H groups in total. The average molecular weight is 326 g/mol. The second-order valence-corrected chi connectivity index (χ2v) is 4.21. The fourth-order valence-corrected chi connectivity index (χ4v) is 1.90. The molecule has 0 aliphatic heterocycles. The molecule has 0 amide bonds. The van der Waals surface area contributed by atoms with Crippen molar-refractivity contribution in [3.8, 4) is 11.1 Å². The van der Waals surface area contributed by atoms with E-state index < -0.39 is 0 Å². The van der Waals surface area contributed by atoms with Gasteiger partial charge in [0.1, 0.15) is 0 Å². The molecule has 2 aromatic rings. The van der Waals surface area contributed by atoms with Crippen molar-refractivity contribution in [1.29, 1.82) is 0 Å². The zero-order valence-electron chi connectivity index (χ0n) is 9.19. The highest BCUT2D eigenvalue weighted by molar-refractivity contribution is 6.45. The highest BCUT2D eigenvalue weighted by atomic mass is 35.5. The maximum absolute atomic E-state index is 6.13. The molecule has 0 fully saturated rings. The monoisotopic (exact) mass is 324 g/mol. The molecular formula is C12H12Cl4N2. The van der Waals surface area contributed by atoms with E-state index in [1.807, 2.05) is 30.3 Å². The van der Waals surface area contributed by atoms with Crippen molar-refractivity contribution >= 4 is 59.4 Å². The lowest BCUT2D eigenvalue weighted by molar-refractivity contribution is 1.60. The Kier molecular flexibility index (Phi) is 6.64. The Morgan fingerprint density at radius 2 is 1.28 bits per heavy atom. The van der Waals surface area contributed by atoms with Crippen molar-refractivity contribution in [3.05, 3.63) is 46.4 Å². The van der Waals surface area contributed by atoms with Crippen LogP contribution in [-0.4, -0.2) is 0 Å². The molecule has 18 heavy (non-hydrogen) atoms. The third-order valence-electron chi connectivity index (χ3n) is 2.33. The number of hydrogen-bond acceptors (Lipinski definition) is 2. The van der Waals surface area contributed by atoms with Crippen molar-refractivity contribution in [3.63, 3.8) is 0 Å². The number of nitrogen functional groups attached to an aromatic ring is 2. The third kappa shape index (κ3) is 3.36. The zero-order valence-corrected chi connectivity index (χ0v) is 12.3. The summed E-state index contributed by atoms with van der Waals surface area (Å²) in [5.41, 5.74) is 14.3. The van der Waals surface area contributed by atoms with Gasteiger partial charge in [-0.25, -0.2) is 0 Å². The van der Waals surface area contributed by atoms with Crippen LogP contribution in [0.1, 0.15) is 0 Å².